The molecular weight excluding hydrogens is 805 g/mol. The highest BCUT2D eigenvalue weighted by Gasteiger charge is 2.55. The molecule has 5 N–H and O–H groups in total. The van der Waals surface area contributed by atoms with Gasteiger partial charge in [0, 0.05) is 40.2 Å². The average molecular weight is 849 g/mol. The molecule has 4 atom stereocenters. The lowest BCUT2D eigenvalue weighted by atomic mass is 10.1. The minimum Gasteiger partial charge on any atom is -0.370 e. The molecule has 2 aliphatic rings. The minimum atomic E-state index is -4.86. The molecule has 0 saturated carbocycles. The van der Waals surface area contributed by atoms with Crippen LogP contribution in [0.1, 0.15) is 78.7 Å². The molecule has 2 saturated heterocycles. The number of nitrogens with two attached hydrogens (primary N) is 1. The number of aromatic nitrogens is 1. The number of carbonyl (C=O) groups is 4. The number of hydrogen-bond acceptors (Lipinski definition) is 11. The van der Waals surface area contributed by atoms with E-state index in [0.717, 1.165) is 23.5 Å². The Morgan fingerprint density at radius 2 is 1.82 bits per heavy atom. The SMILES string of the molecule is CCOP(=O)(OCC)C(F)(F)c1ccc2sc(C(=O)N[C@H]3CNCC[C@H]4CC[C@@H](C(=O)N[C@@H](CCCC(N)=O)c5nc(-c6ccc(F)cc6)cs5)N4C3=O)cc2c1. The van der Waals surface area contributed by atoms with E-state index in [0.29, 0.717) is 65.0 Å². The first-order valence-electron chi connectivity index (χ1n) is 18.7. The summed E-state index contributed by atoms with van der Waals surface area (Å²) in [6, 6.07) is 8.21. The number of alkyl halides is 2. The number of thiophene rings is 1. The summed E-state index contributed by atoms with van der Waals surface area (Å²) in [4.78, 5) is 60.0. The van der Waals surface area contributed by atoms with Gasteiger partial charge in [0.1, 0.15) is 22.9 Å². The number of amides is 4. The van der Waals surface area contributed by atoms with Crippen LogP contribution in [-0.4, -0.2) is 77.9 Å². The van der Waals surface area contributed by atoms with E-state index in [4.69, 9.17) is 19.8 Å². The molecule has 6 rings (SSSR count). The van der Waals surface area contributed by atoms with Gasteiger partial charge < -0.3 is 35.6 Å². The Kier molecular flexibility index (Phi) is 13.5. The van der Waals surface area contributed by atoms with Crippen molar-refractivity contribution in [3.8, 4) is 11.3 Å². The number of primary amides is 1. The van der Waals surface area contributed by atoms with Gasteiger partial charge in [-0.2, -0.15) is 8.78 Å². The molecule has 13 nitrogen and oxygen atoms in total. The zero-order chi connectivity index (χ0) is 40.9. The maximum absolute atomic E-state index is 15.5. The van der Waals surface area contributed by atoms with Crippen LogP contribution in [0.3, 0.4) is 0 Å². The zero-order valence-corrected chi connectivity index (χ0v) is 33.8. The zero-order valence-electron chi connectivity index (χ0n) is 31.3. The second-order valence-corrected chi connectivity index (χ2v) is 17.8. The van der Waals surface area contributed by atoms with Crippen LogP contribution in [-0.2, 0) is 33.7 Å². The molecule has 2 fully saturated rings. The Balaban J connectivity index is 1.18. The Morgan fingerprint density at radius 3 is 2.53 bits per heavy atom. The largest absolute Gasteiger partial charge is 0.404 e. The molecule has 2 aromatic carbocycles. The second-order valence-electron chi connectivity index (χ2n) is 13.7. The standard InChI is InChI=1S/C38H44F3N6O7PS2/c1-3-53-55(52,54-4-2)38(40,41)24-10-15-31-23(18-24)19-32(57-31)35(50)45-28-20-43-17-16-26-13-14-30(47(26)37(28)51)34(49)44-27(6-5-7-33(42)48)36-46-29(21-56-36)22-8-11-25(39)12-9-22/h8-12,15,18-19,21,26-28,30,43H,3-7,13-14,16-17,20H2,1-2H3,(H2,42,48)(H,44,49)(H,45,50)/t26-,27+,28+,30+/m1/s1. The Hall–Kier alpha value is -4.19. The highest BCUT2D eigenvalue weighted by atomic mass is 32.1. The predicted molar refractivity (Wildman–Crippen MR) is 210 cm³/mol. The minimum absolute atomic E-state index is 0.0918. The molecule has 0 spiro atoms. The maximum Gasteiger partial charge on any atom is 0.404 e. The van der Waals surface area contributed by atoms with E-state index in [2.05, 4.69) is 16.0 Å². The number of fused-ring (bicyclic) bond motifs is 2. The molecular formula is C38H44F3N6O7PS2. The first kappa shape index (κ1) is 42.4. The van der Waals surface area contributed by atoms with Crippen LogP contribution in [0.5, 0.6) is 0 Å². The summed E-state index contributed by atoms with van der Waals surface area (Å²) >= 11 is 2.35. The predicted octanol–water partition coefficient (Wildman–Crippen LogP) is 6.44. The van der Waals surface area contributed by atoms with Crippen LogP contribution in [0.15, 0.2) is 53.9 Å². The van der Waals surface area contributed by atoms with E-state index in [9.17, 15) is 28.1 Å². The third kappa shape index (κ3) is 9.42. The van der Waals surface area contributed by atoms with Gasteiger partial charge in [-0.05, 0) is 100 Å². The first-order chi connectivity index (χ1) is 27.2. The molecule has 306 valence electrons. The Morgan fingerprint density at radius 1 is 1.09 bits per heavy atom. The highest BCUT2D eigenvalue weighted by Crippen LogP contribution is 2.67. The van der Waals surface area contributed by atoms with Gasteiger partial charge in [0.25, 0.3) is 5.91 Å². The van der Waals surface area contributed by atoms with E-state index in [1.54, 1.807) is 22.4 Å². The maximum atomic E-state index is 15.5. The fourth-order valence-corrected chi connectivity index (χ4v) is 10.5. The lowest BCUT2D eigenvalue weighted by Crippen LogP contribution is -2.60. The Bertz CT molecular complexity index is 2140. The molecule has 0 unspecified atom stereocenters. The van der Waals surface area contributed by atoms with Crippen molar-refractivity contribution < 1.29 is 46.0 Å². The fourth-order valence-electron chi connectivity index (χ4n) is 7.13. The van der Waals surface area contributed by atoms with Crippen molar-refractivity contribution in [2.24, 2.45) is 5.73 Å². The quantitative estimate of drug-likeness (QED) is 0.0923. The van der Waals surface area contributed by atoms with Crippen LogP contribution >= 0.6 is 30.3 Å². The fraction of sp³-hybridized carbons (Fsp3) is 0.447. The van der Waals surface area contributed by atoms with Crippen LogP contribution in [0.25, 0.3) is 21.3 Å². The molecule has 2 aliphatic heterocycles. The number of nitrogens with one attached hydrogen (secondary N) is 3. The molecule has 2 aromatic heterocycles. The van der Waals surface area contributed by atoms with Crippen molar-refractivity contribution in [2.75, 3.05) is 26.3 Å². The molecule has 0 aliphatic carbocycles. The van der Waals surface area contributed by atoms with E-state index in [-0.39, 0.29) is 42.9 Å². The number of rotatable bonds is 16. The van der Waals surface area contributed by atoms with Crippen molar-refractivity contribution >= 4 is 64.0 Å². The molecule has 0 bridgehead atoms. The molecule has 4 aromatic rings. The lowest BCUT2D eigenvalue weighted by Gasteiger charge is -2.35. The number of hydrogen-bond donors (Lipinski definition) is 4. The summed E-state index contributed by atoms with van der Waals surface area (Å²) in [6.07, 6.45) is 2.37. The second kappa shape index (κ2) is 18.2. The van der Waals surface area contributed by atoms with E-state index in [1.807, 2.05) is 0 Å². The summed E-state index contributed by atoms with van der Waals surface area (Å²) in [5.41, 5.74) is 2.14. The first-order valence-corrected chi connectivity index (χ1v) is 21.9. The van der Waals surface area contributed by atoms with Crippen molar-refractivity contribution in [3.63, 3.8) is 0 Å². The van der Waals surface area contributed by atoms with Gasteiger partial charge in [-0.15, -0.1) is 22.7 Å². The van der Waals surface area contributed by atoms with Gasteiger partial charge in [-0.3, -0.25) is 23.7 Å². The summed E-state index contributed by atoms with van der Waals surface area (Å²) in [7, 11) is -4.86. The third-order valence-corrected chi connectivity index (χ3v) is 14.1. The van der Waals surface area contributed by atoms with Gasteiger partial charge in [0.05, 0.1) is 29.8 Å². The number of carbonyl (C=O) groups excluding carboxylic acids is 4. The summed E-state index contributed by atoms with van der Waals surface area (Å²) in [5.74, 6) is -2.31. The van der Waals surface area contributed by atoms with E-state index in [1.165, 1.54) is 49.4 Å². The summed E-state index contributed by atoms with van der Waals surface area (Å²) in [6.45, 7) is 3.00. The van der Waals surface area contributed by atoms with Crippen LogP contribution in [0, 0.1) is 5.82 Å². The van der Waals surface area contributed by atoms with Crippen molar-refractivity contribution in [2.45, 2.75) is 82.2 Å². The van der Waals surface area contributed by atoms with Gasteiger partial charge in [0.2, 0.25) is 17.7 Å². The van der Waals surface area contributed by atoms with Gasteiger partial charge >= 0.3 is 13.3 Å². The van der Waals surface area contributed by atoms with Gasteiger partial charge in [0.15, 0.2) is 0 Å². The number of benzene rings is 2. The number of thiazole rings is 1. The van der Waals surface area contributed by atoms with Gasteiger partial charge in [-0.1, -0.05) is 6.07 Å². The van der Waals surface area contributed by atoms with Gasteiger partial charge in [-0.25, -0.2) is 9.37 Å². The van der Waals surface area contributed by atoms with Crippen molar-refractivity contribution in [1.29, 1.82) is 0 Å². The normalized spacial score (nSPS) is 19.5. The molecule has 0 radical (unpaired) electrons. The summed E-state index contributed by atoms with van der Waals surface area (Å²) < 4.78 is 67.9. The lowest BCUT2D eigenvalue weighted by molar-refractivity contribution is -0.142. The van der Waals surface area contributed by atoms with E-state index >= 15 is 8.78 Å². The number of halogens is 3. The highest BCUT2D eigenvalue weighted by molar-refractivity contribution is 7.54. The molecule has 4 heterocycles. The summed E-state index contributed by atoms with van der Waals surface area (Å²) in [5, 5.41) is 11.7. The van der Waals surface area contributed by atoms with Crippen molar-refractivity contribution in [1.82, 2.24) is 25.8 Å². The van der Waals surface area contributed by atoms with Crippen LogP contribution in [0.2, 0.25) is 0 Å². The number of nitrogens with zero attached hydrogens (tertiary/aromatic N) is 2. The average Bonchev–Trinajstić information content (AvgIpc) is 3.94. The topological polar surface area (TPSA) is 182 Å². The molecule has 19 heteroatoms. The Labute approximate surface area is 335 Å². The molecule has 4 amide bonds. The van der Waals surface area contributed by atoms with E-state index < -0.39 is 60.6 Å². The van der Waals surface area contributed by atoms with Crippen LogP contribution < -0.4 is 21.7 Å². The monoisotopic (exact) mass is 848 g/mol. The van der Waals surface area contributed by atoms with Crippen molar-refractivity contribution in [3.05, 3.63) is 75.2 Å². The molecule has 57 heavy (non-hydrogen) atoms. The third-order valence-electron chi connectivity index (χ3n) is 9.89. The smallest absolute Gasteiger partial charge is 0.370 e. The van der Waals surface area contributed by atoms with Crippen LogP contribution in [0.4, 0.5) is 13.2 Å².